The number of carbonyl (C=O) groups excluding carboxylic acids is 1. The van der Waals surface area contributed by atoms with Crippen molar-refractivity contribution in [3.63, 3.8) is 0 Å². The Balaban J connectivity index is 2.07. The van der Waals surface area contributed by atoms with Gasteiger partial charge >= 0.3 is 6.03 Å². The van der Waals surface area contributed by atoms with Crippen molar-refractivity contribution in [2.45, 2.75) is 44.7 Å². The summed E-state index contributed by atoms with van der Waals surface area (Å²) in [6.45, 7) is 4.45. The maximum Gasteiger partial charge on any atom is 0.346 e. The van der Waals surface area contributed by atoms with Gasteiger partial charge in [0.2, 0.25) is 0 Å². The highest BCUT2D eigenvalue weighted by atomic mass is 32.2. The van der Waals surface area contributed by atoms with Crippen LogP contribution in [0.15, 0.2) is 4.99 Å². The van der Waals surface area contributed by atoms with Crippen LogP contribution in [0.5, 0.6) is 0 Å². The molecule has 2 heterocycles. The molecular weight excluding hydrogens is 234 g/mol. The van der Waals surface area contributed by atoms with E-state index in [1.807, 2.05) is 16.7 Å². The molecule has 0 aromatic rings. The highest BCUT2D eigenvalue weighted by Gasteiger charge is 2.61. The van der Waals surface area contributed by atoms with Crippen molar-refractivity contribution in [1.29, 1.82) is 0 Å². The first-order chi connectivity index (χ1) is 7.99. The van der Waals surface area contributed by atoms with E-state index in [9.17, 15) is 4.79 Å². The van der Waals surface area contributed by atoms with Crippen LogP contribution in [0.2, 0.25) is 0 Å². The van der Waals surface area contributed by atoms with Crippen LogP contribution in [0.25, 0.3) is 0 Å². The van der Waals surface area contributed by atoms with Gasteiger partial charge in [-0.25, -0.2) is 4.79 Å². The largest absolute Gasteiger partial charge is 0.385 e. The molecule has 4 nitrogen and oxygen atoms in total. The van der Waals surface area contributed by atoms with Crippen LogP contribution in [0.4, 0.5) is 4.79 Å². The van der Waals surface area contributed by atoms with Gasteiger partial charge in [0.25, 0.3) is 0 Å². The average molecular weight is 253 g/mol. The second kappa shape index (κ2) is 3.40. The quantitative estimate of drug-likeness (QED) is 0.775. The van der Waals surface area contributed by atoms with E-state index < -0.39 is 0 Å². The van der Waals surface area contributed by atoms with Crippen LogP contribution in [0.3, 0.4) is 0 Å². The molecular formula is C12H19N3OS. The number of nitrogens with zero attached hydrogens (tertiary/aromatic N) is 2. The van der Waals surface area contributed by atoms with Crippen molar-refractivity contribution in [3.8, 4) is 0 Å². The van der Waals surface area contributed by atoms with E-state index in [4.69, 9.17) is 5.73 Å². The summed E-state index contributed by atoms with van der Waals surface area (Å²) in [4.78, 5) is 18.1. The molecule has 0 bridgehead atoms. The Bertz CT molecular complexity index is 403. The molecule has 17 heavy (non-hydrogen) atoms. The second-order valence-corrected chi connectivity index (χ2v) is 7.03. The SMILES string of the molecule is CC1(C)CCSCC12C(N)=NC(=O)N2C1CC1. The van der Waals surface area contributed by atoms with E-state index in [0.29, 0.717) is 11.9 Å². The molecule has 0 aromatic heterocycles. The number of hydrogen-bond donors (Lipinski definition) is 1. The molecule has 3 rings (SSSR count). The molecule has 2 amide bonds. The third-order valence-electron chi connectivity index (χ3n) is 4.47. The smallest absolute Gasteiger partial charge is 0.346 e. The summed E-state index contributed by atoms with van der Waals surface area (Å²) in [5, 5.41) is 0. The Kier molecular flexibility index (Phi) is 2.28. The number of hydrogen-bond acceptors (Lipinski definition) is 3. The number of rotatable bonds is 1. The minimum Gasteiger partial charge on any atom is -0.385 e. The van der Waals surface area contributed by atoms with Crippen molar-refractivity contribution in [1.82, 2.24) is 4.90 Å². The minimum absolute atomic E-state index is 0.0284. The maximum atomic E-state index is 12.1. The molecule has 94 valence electrons. The number of thioether (sulfide) groups is 1. The fraction of sp³-hybridized carbons (Fsp3) is 0.833. The number of nitrogens with two attached hydrogens (primary N) is 1. The fourth-order valence-corrected chi connectivity index (χ4v) is 4.87. The molecule has 1 spiro atoms. The fourth-order valence-electron chi connectivity index (χ4n) is 3.10. The number of amides is 2. The Hall–Kier alpha value is -0.710. The van der Waals surface area contributed by atoms with Gasteiger partial charge < -0.3 is 10.6 Å². The van der Waals surface area contributed by atoms with Crippen molar-refractivity contribution in [2.75, 3.05) is 11.5 Å². The highest BCUT2D eigenvalue weighted by Crippen LogP contribution is 2.51. The normalized spacial score (nSPS) is 36.5. The lowest BCUT2D eigenvalue weighted by Gasteiger charge is -2.52. The number of aliphatic imine (C=N–C) groups is 1. The average Bonchev–Trinajstić information content (AvgIpc) is 3.01. The van der Waals surface area contributed by atoms with Crippen LogP contribution >= 0.6 is 11.8 Å². The first-order valence-corrected chi connectivity index (χ1v) is 7.40. The lowest BCUT2D eigenvalue weighted by molar-refractivity contribution is 0.0823. The number of amidine groups is 1. The Labute approximate surface area is 106 Å². The maximum absolute atomic E-state index is 12.1. The van der Waals surface area contributed by atoms with Gasteiger partial charge in [-0.3, -0.25) is 0 Å². The van der Waals surface area contributed by atoms with Crippen LogP contribution in [0, 0.1) is 5.41 Å². The van der Waals surface area contributed by atoms with Crippen molar-refractivity contribution in [3.05, 3.63) is 0 Å². The molecule has 1 saturated carbocycles. The Morgan fingerprint density at radius 1 is 1.47 bits per heavy atom. The molecule has 2 aliphatic heterocycles. The molecule has 0 radical (unpaired) electrons. The summed E-state index contributed by atoms with van der Waals surface area (Å²) in [6.07, 6.45) is 3.30. The van der Waals surface area contributed by atoms with E-state index >= 15 is 0 Å². The van der Waals surface area contributed by atoms with E-state index in [2.05, 4.69) is 18.8 Å². The van der Waals surface area contributed by atoms with Gasteiger partial charge in [-0.1, -0.05) is 13.8 Å². The molecule has 2 fully saturated rings. The van der Waals surface area contributed by atoms with E-state index in [1.165, 1.54) is 0 Å². The molecule has 2 N–H and O–H groups in total. The number of carbonyl (C=O) groups is 1. The third-order valence-corrected chi connectivity index (χ3v) is 5.59. The van der Waals surface area contributed by atoms with Crippen molar-refractivity contribution in [2.24, 2.45) is 16.1 Å². The summed E-state index contributed by atoms with van der Waals surface area (Å²) >= 11 is 1.89. The first-order valence-electron chi connectivity index (χ1n) is 6.25. The zero-order chi connectivity index (χ0) is 12.3. The lowest BCUT2D eigenvalue weighted by Crippen LogP contribution is -2.66. The van der Waals surface area contributed by atoms with Gasteiger partial charge in [-0.15, -0.1) is 0 Å². The molecule has 0 aromatic carbocycles. The molecule has 1 aliphatic carbocycles. The summed E-state index contributed by atoms with van der Waals surface area (Å²) < 4.78 is 0. The Morgan fingerprint density at radius 2 is 2.18 bits per heavy atom. The molecule has 1 unspecified atom stereocenters. The van der Waals surface area contributed by atoms with Crippen molar-refractivity contribution >= 4 is 23.6 Å². The van der Waals surface area contributed by atoms with E-state index in [1.54, 1.807) is 0 Å². The highest BCUT2D eigenvalue weighted by molar-refractivity contribution is 7.99. The van der Waals surface area contributed by atoms with Gasteiger partial charge in [-0.2, -0.15) is 16.8 Å². The zero-order valence-electron chi connectivity index (χ0n) is 10.4. The van der Waals surface area contributed by atoms with Gasteiger partial charge in [-0.05, 0) is 30.4 Å². The first kappa shape index (κ1) is 11.4. The topological polar surface area (TPSA) is 58.7 Å². The molecule has 3 aliphatic rings. The number of urea groups is 1. The minimum atomic E-state index is -0.325. The van der Waals surface area contributed by atoms with Gasteiger partial charge in [0.1, 0.15) is 11.4 Å². The monoisotopic (exact) mass is 253 g/mol. The summed E-state index contributed by atoms with van der Waals surface area (Å²) in [5.74, 6) is 2.60. The molecule has 1 atom stereocenters. The van der Waals surface area contributed by atoms with Crippen LogP contribution in [0.1, 0.15) is 33.1 Å². The zero-order valence-corrected chi connectivity index (χ0v) is 11.2. The van der Waals surface area contributed by atoms with Crippen LogP contribution < -0.4 is 5.73 Å². The molecule has 5 heteroatoms. The van der Waals surface area contributed by atoms with Crippen molar-refractivity contribution < 1.29 is 4.79 Å². The third kappa shape index (κ3) is 1.38. The predicted molar refractivity (Wildman–Crippen MR) is 70.3 cm³/mol. The summed E-state index contributed by atoms with van der Waals surface area (Å²) in [6, 6.07) is 0.269. The van der Waals surface area contributed by atoms with Crippen LogP contribution in [-0.4, -0.2) is 39.9 Å². The van der Waals surface area contributed by atoms with Crippen LogP contribution in [-0.2, 0) is 0 Å². The Morgan fingerprint density at radius 3 is 2.76 bits per heavy atom. The van der Waals surface area contributed by atoms with E-state index in [0.717, 1.165) is 30.8 Å². The van der Waals surface area contributed by atoms with Gasteiger partial charge in [0.15, 0.2) is 0 Å². The molecule has 1 saturated heterocycles. The van der Waals surface area contributed by atoms with E-state index in [-0.39, 0.29) is 17.0 Å². The second-order valence-electron chi connectivity index (χ2n) is 5.93. The van der Waals surface area contributed by atoms with Gasteiger partial charge in [0.05, 0.1) is 0 Å². The van der Waals surface area contributed by atoms with Gasteiger partial charge in [0, 0.05) is 11.8 Å². The summed E-state index contributed by atoms with van der Waals surface area (Å²) in [5.41, 5.74) is 5.84. The lowest BCUT2D eigenvalue weighted by atomic mass is 9.69. The predicted octanol–water partition coefficient (Wildman–Crippen LogP) is 1.84. The summed E-state index contributed by atoms with van der Waals surface area (Å²) in [7, 11) is 0. The standard InChI is InChI=1S/C12H19N3OS/c1-11(2)5-6-17-7-12(11)9(13)14-10(16)15(12)8-3-4-8/h8H,3-7H2,1-2H3,(H2,13,14,16).